The van der Waals surface area contributed by atoms with Gasteiger partial charge < -0.3 is 15.5 Å². The Balaban J connectivity index is 1.34. The number of benzene rings is 2. The summed E-state index contributed by atoms with van der Waals surface area (Å²) in [5.74, 6) is -1.30. The Bertz CT molecular complexity index is 1150. The molecule has 1 heterocycles. The van der Waals surface area contributed by atoms with Crippen LogP contribution in [0, 0.1) is 17.6 Å². The number of hydrogen-bond acceptors (Lipinski definition) is 4. The highest BCUT2D eigenvalue weighted by molar-refractivity contribution is 5.97. The van der Waals surface area contributed by atoms with Crippen LogP contribution in [0.4, 0.5) is 8.78 Å². The molecule has 1 unspecified atom stereocenters. The van der Waals surface area contributed by atoms with Crippen molar-refractivity contribution in [1.82, 2.24) is 15.5 Å². The largest absolute Gasteiger partial charge is 0.342 e. The predicted molar refractivity (Wildman–Crippen MR) is 142 cm³/mol. The Hall–Kier alpha value is -3.13. The molecule has 1 aliphatic heterocycles. The third-order valence-electron chi connectivity index (χ3n) is 7.85. The summed E-state index contributed by atoms with van der Waals surface area (Å²) in [6.07, 6.45) is 7.04. The van der Waals surface area contributed by atoms with Crippen LogP contribution in [-0.4, -0.2) is 48.2 Å². The summed E-state index contributed by atoms with van der Waals surface area (Å²) in [5, 5.41) is 5.95. The number of likely N-dealkylation sites (tertiary alicyclic amines) is 1. The van der Waals surface area contributed by atoms with Crippen LogP contribution in [-0.2, 0) is 16.1 Å². The van der Waals surface area contributed by atoms with Gasteiger partial charge in [0.25, 0.3) is 5.91 Å². The Morgan fingerprint density at radius 3 is 2.53 bits per heavy atom. The molecule has 1 aliphatic carbocycles. The van der Waals surface area contributed by atoms with Crippen LogP contribution in [0.25, 0.3) is 0 Å². The smallest absolute Gasteiger partial charge is 0.251 e. The highest BCUT2D eigenvalue weighted by Crippen LogP contribution is 2.29. The first-order valence-electron chi connectivity index (χ1n) is 13.7. The first-order chi connectivity index (χ1) is 18.3. The van der Waals surface area contributed by atoms with E-state index in [0.717, 1.165) is 50.2 Å². The molecule has 204 valence electrons. The summed E-state index contributed by atoms with van der Waals surface area (Å²) in [6, 6.07) is 10.4. The minimum absolute atomic E-state index is 0.00128. The molecule has 2 atom stereocenters. The second-order valence-electron chi connectivity index (χ2n) is 10.6. The van der Waals surface area contributed by atoms with Gasteiger partial charge in [0.15, 0.2) is 5.78 Å². The average molecular weight is 526 g/mol. The molecule has 2 amide bonds. The molecule has 0 spiro atoms. The molecule has 2 aromatic carbocycles. The number of nitrogens with one attached hydrogen (secondary N) is 2. The lowest BCUT2D eigenvalue weighted by atomic mass is 9.82. The van der Waals surface area contributed by atoms with Gasteiger partial charge in [-0.25, -0.2) is 8.78 Å². The molecule has 4 rings (SSSR count). The number of carbonyl (C=O) groups excluding carboxylic acids is 3. The first-order valence-corrected chi connectivity index (χ1v) is 13.7. The van der Waals surface area contributed by atoms with E-state index in [1.807, 2.05) is 18.2 Å². The number of ketones is 1. The van der Waals surface area contributed by atoms with E-state index < -0.39 is 17.7 Å². The zero-order chi connectivity index (χ0) is 27.1. The first kappa shape index (κ1) is 27.9. The van der Waals surface area contributed by atoms with Crippen LogP contribution >= 0.6 is 0 Å². The van der Waals surface area contributed by atoms with Crippen LogP contribution < -0.4 is 10.6 Å². The topological polar surface area (TPSA) is 78.5 Å². The van der Waals surface area contributed by atoms with Crippen molar-refractivity contribution >= 4 is 17.6 Å². The van der Waals surface area contributed by atoms with Crippen LogP contribution in [0.2, 0.25) is 0 Å². The zero-order valence-corrected chi connectivity index (χ0v) is 22.0. The molecular weight excluding hydrogens is 488 g/mol. The number of piperidine rings is 1. The van der Waals surface area contributed by atoms with Crippen molar-refractivity contribution in [2.45, 2.75) is 70.4 Å². The molecule has 0 radical (unpaired) electrons. The zero-order valence-electron chi connectivity index (χ0n) is 22.0. The Morgan fingerprint density at radius 1 is 1.00 bits per heavy atom. The molecule has 1 saturated carbocycles. The van der Waals surface area contributed by atoms with Gasteiger partial charge in [-0.15, -0.1) is 0 Å². The van der Waals surface area contributed by atoms with Crippen molar-refractivity contribution in [2.24, 2.45) is 5.92 Å². The van der Waals surface area contributed by atoms with Crippen molar-refractivity contribution in [1.29, 1.82) is 0 Å². The summed E-state index contributed by atoms with van der Waals surface area (Å²) in [7, 11) is 0. The molecule has 1 saturated heterocycles. The molecule has 6 nitrogen and oxygen atoms in total. The number of hydrogen-bond donors (Lipinski definition) is 2. The van der Waals surface area contributed by atoms with Crippen molar-refractivity contribution in [3.8, 4) is 0 Å². The van der Waals surface area contributed by atoms with Crippen LogP contribution in [0.1, 0.15) is 79.3 Å². The van der Waals surface area contributed by atoms with E-state index in [9.17, 15) is 23.2 Å². The lowest BCUT2D eigenvalue weighted by Crippen LogP contribution is -2.45. The molecule has 0 aromatic heterocycles. The number of Topliss-reactive ketones (excluding diaryl/α,β-unsaturated/α-hetero) is 1. The summed E-state index contributed by atoms with van der Waals surface area (Å²) >= 11 is 0. The monoisotopic (exact) mass is 525 g/mol. The third kappa shape index (κ3) is 7.25. The Morgan fingerprint density at radius 2 is 1.79 bits per heavy atom. The maximum atomic E-state index is 13.8. The van der Waals surface area contributed by atoms with Crippen molar-refractivity contribution in [3.05, 3.63) is 70.8 Å². The van der Waals surface area contributed by atoms with Gasteiger partial charge in [-0.1, -0.05) is 37.5 Å². The highest BCUT2D eigenvalue weighted by atomic mass is 19.1. The fourth-order valence-electron chi connectivity index (χ4n) is 5.73. The van der Waals surface area contributed by atoms with Gasteiger partial charge in [-0.05, 0) is 62.3 Å². The second-order valence-corrected chi connectivity index (χ2v) is 10.6. The van der Waals surface area contributed by atoms with E-state index >= 15 is 0 Å². The minimum Gasteiger partial charge on any atom is -0.342 e. The SMILES string of the molecule is CC(=O)[C@H](NC(=O)c1cccc(C2CCCN(C(=O)CNCc3ccc(F)cc3F)C2)c1)C1CCCCC1. The summed E-state index contributed by atoms with van der Waals surface area (Å²) < 4.78 is 26.9. The second kappa shape index (κ2) is 13.1. The molecule has 2 N–H and O–H groups in total. The maximum Gasteiger partial charge on any atom is 0.251 e. The fraction of sp³-hybridized carbons (Fsp3) is 0.500. The summed E-state index contributed by atoms with van der Waals surface area (Å²) in [6.45, 7) is 2.92. The van der Waals surface area contributed by atoms with Gasteiger partial charge in [0, 0.05) is 42.7 Å². The van der Waals surface area contributed by atoms with Gasteiger partial charge in [0.2, 0.25) is 5.91 Å². The van der Waals surface area contributed by atoms with E-state index in [4.69, 9.17) is 0 Å². The van der Waals surface area contributed by atoms with Gasteiger partial charge in [0.1, 0.15) is 11.6 Å². The molecular formula is C30H37F2N3O3. The van der Waals surface area contributed by atoms with Crippen molar-refractivity contribution in [2.75, 3.05) is 19.6 Å². The quantitative estimate of drug-likeness (QED) is 0.496. The fourth-order valence-corrected chi connectivity index (χ4v) is 5.73. The number of amides is 2. The van der Waals surface area contributed by atoms with E-state index in [0.29, 0.717) is 24.2 Å². The number of carbonyl (C=O) groups is 3. The van der Waals surface area contributed by atoms with Crippen molar-refractivity contribution < 1.29 is 23.2 Å². The molecule has 0 bridgehead atoms. The minimum atomic E-state index is -0.639. The lowest BCUT2D eigenvalue weighted by molar-refractivity contribution is -0.131. The molecule has 8 heteroatoms. The highest BCUT2D eigenvalue weighted by Gasteiger charge is 2.29. The van der Waals surface area contributed by atoms with Crippen LogP contribution in [0.15, 0.2) is 42.5 Å². The Kier molecular flexibility index (Phi) is 9.61. The summed E-state index contributed by atoms with van der Waals surface area (Å²) in [4.78, 5) is 40.0. The standard InChI is InChI=1S/C30H37F2N3O3/c1-20(36)29(21-7-3-2-4-8-21)34-30(38)23-10-5-9-22(15-23)25-11-6-14-35(19-25)28(37)18-33-17-24-12-13-26(31)16-27(24)32/h5,9-10,12-13,15-16,21,25,29,33H,2-4,6-8,11,14,17-19H2,1H3,(H,34,38)/t25?,29-/m0/s1. The van der Waals surface area contributed by atoms with E-state index in [2.05, 4.69) is 10.6 Å². The van der Waals surface area contributed by atoms with Crippen molar-refractivity contribution in [3.63, 3.8) is 0 Å². The summed E-state index contributed by atoms with van der Waals surface area (Å²) in [5.41, 5.74) is 1.82. The molecule has 2 aromatic rings. The number of halogens is 2. The van der Waals surface area contributed by atoms with Gasteiger partial charge in [-0.2, -0.15) is 0 Å². The molecule has 38 heavy (non-hydrogen) atoms. The number of rotatable bonds is 9. The van der Waals surface area contributed by atoms with E-state index in [1.54, 1.807) is 17.9 Å². The van der Waals surface area contributed by atoms with E-state index in [1.165, 1.54) is 18.6 Å². The Labute approximate surface area is 223 Å². The predicted octanol–water partition coefficient (Wildman–Crippen LogP) is 4.73. The van der Waals surface area contributed by atoms with Gasteiger partial charge in [0.05, 0.1) is 12.6 Å². The molecule has 2 fully saturated rings. The maximum absolute atomic E-state index is 13.8. The van der Waals surface area contributed by atoms with E-state index in [-0.39, 0.29) is 42.5 Å². The average Bonchev–Trinajstić information content (AvgIpc) is 2.93. The number of nitrogens with zero attached hydrogens (tertiary/aromatic N) is 1. The van der Waals surface area contributed by atoms with Crippen LogP contribution in [0.5, 0.6) is 0 Å². The lowest BCUT2D eigenvalue weighted by Gasteiger charge is -2.33. The van der Waals surface area contributed by atoms with Crippen LogP contribution in [0.3, 0.4) is 0 Å². The normalized spacial score (nSPS) is 19.1. The van der Waals surface area contributed by atoms with Gasteiger partial charge in [-0.3, -0.25) is 14.4 Å². The molecule has 2 aliphatic rings. The van der Waals surface area contributed by atoms with Gasteiger partial charge >= 0.3 is 0 Å². The third-order valence-corrected chi connectivity index (χ3v) is 7.85.